The van der Waals surface area contributed by atoms with Crippen LogP contribution >= 0.6 is 0 Å². The number of piperazine rings is 1. The molecule has 2 aromatic carbocycles. The Kier molecular flexibility index (Phi) is 5.81. The summed E-state index contributed by atoms with van der Waals surface area (Å²) in [4.78, 5) is 44.3. The predicted octanol–water partition coefficient (Wildman–Crippen LogP) is 2.98. The van der Waals surface area contributed by atoms with Gasteiger partial charge in [-0.3, -0.25) is 14.5 Å². The van der Waals surface area contributed by atoms with Gasteiger partial charge in [-0.1, -0.05) is 48.5 Å². The molecule has 2 fully saturated rings. The van der Waals surface area contributed by atoms with Crippen molar-refractivity contribution in [3.63, 3.8) is 0 Å². The van der Waals surface area contributed by atoms with Crippen LogP contribution in [0.25, 0.3) is 11.1 Å². The summed E-state index contributed by atoms with van der Waals surface area (Å²) in [7, 11) is 0. The fourth-order valence-electron chi connectivity index (χ4n) is 3.81. The van der Waals surface area contributed by atoms with Crippen molar-refractivity contribution < 1.29 is 19.2 Å². The highest BCUT2D eigenvalue weighted by atomic mass is 16.7. The van der Waals surface area contributed by atoms with Crippen molar-refractivity contribution in [3.05, 3.63) is 59.7 Å². The lowest BCUT2D eigenvalue weighted by atomic mass is 9.99. The molecule has 4 rings (SSSR count). The molecule has 0 spiro atoms. The molecule has 0 unspecified atom stereocenters. The fraction of sp³-hybridized carbons (Fsp3) is 0.348. The third-order valence-electron chi connectivity index (χ3n) is 5.65. The van der Waals surface area contributed by atoms with E-state index in [2.05, 4.69) is 42.2 Å². The maximum atomic E-state index is 12.3. The minimum atomic E-state index is -0.637. The van der Waals surface area contributed by atoms with Gasteiger partial charge < -0.3 is 9.74 Å². The third-order valence-corrected chi connectivity index (χ3v) is 5.65. The van der Waals surface area contributed by atoms with Gasteiger partial charge in [0.15, 0.2) is 0 Å². The maximum absolute atomic E-state index is 12.3. The lowest BCUT2D eigenvalue weighted by molar-refractivity contribution is -0.174. The first-order chi connectivity index (χ1) is 14.5. The van der Waals surface area contributed by atoms with Crippen molar-refractivity contribution >= 4 is 17.9 Å². The van der Waals surface area contributed by atoms with E-state index in [0.717, 1.165) is 6.54 Å². The van der Waals surface area contributed by atoms with E-state index in [1.165, 1.54) is 22.3 Å². The van der Waals surface area contributed by atoms with Gasteiger partial charge in [-0.25, -0.2) is 4.79 Å². The SMILES string of the molecule is Cc1cc(-c2ccccc2)ccc1CN1CCN(C(=O)ON2C(=O)CCC2=O)CC1. The molecule has 7 heteroatoms. The fourth-order valence-corrected chi connectivity index (χ4v) is 3.81. The van der Waals surface area contributed by atoms with Gasteiger partial charge in [0.2, 0.25) is 0 Å². The van der Waals surface area contributed by atoms with Gasteiger partial charge in [-0.15, -0.1) is 5.06 Å². The van der Waals surface area contributed by atoms with Gasteiger partial charge in [0.25, 0.3) is 11.8 Å². The van der Waals surface area contributed by atoms with Crippen LogP contribution in [0.1, 0.15) is 24.0 Å². The Labute approximate surface area is 175 Å². The molecule has 30 heavy (non-hydrogen) atoms. The van der Waals surface area contributed by atoms with E-state index < -0.39 is 17.9 Å². The number of aryl methyl sites for hydroxylation is 1. The summed E-state index contributed by atoms with van der Waals surface area (Å²) in [6, 6.07) is 16.8. The normalized spacial score (nSPS) is 17.5. The first kappa shape index (κ1) is 20.1. The highest BCUT2D eigenvalue weighted by Crippen LogP contribution is 2.23. The Morgan fingerprint density at radius 1 is 0.900 bits per heavy atom. The van der Waals surface area contributed by atoms with E-state index in [1.807, 2.05) is 18.2 Å². The van der Waals surface area contributed by atoms with Gasteiger partial charge in [0.05, 0.1) is 0 Å². The molecule has 7 nitrogen and oxygen atoms in total. The van der Waals surface area contributed by atoms with E-state index in [-0.39, 0.29) is 12.8 Å². The van der Waals surface area contributed by atoms with Crippen molar-refractivity contribution in [1.29, 1.82) is 0 Å². The van der Waals surface area contributed by atoms with Crippen LogP contribution in [0.3, 0.4) is 0 Å². The molecular formula is C23H25N3O4. The van der Waals surface area contributed by atoms with Crippen LogP contribution in [0, 0.1) is 6.92 Å². The Hall–Kier alpha value is -3.19. The zero-order chi connectivity index (χ0) is 21.1. The molecule has 0 N–H and O–H groups in total. The number of hydrogen-bond acceptors (Lipinski definition) is 5. The predicted molar refractivity (Wildman–Crippen MR) is 111 cm³/mol. The smallest absolute Gasteiger partial charge is 0.311 e. The molecule has 0 aliphatic carbocycles. The summed E-state index contributed by atoms with van der Waals surface area (Å²) >= 11 is 0. The number of hydroxylamine groups is 2. The lowest BCUT2D eigenvalue weighted by Crippen LogP contribution is -2.50. The number of benzene rings is 2. The lowest BCUT2D eigenvalue weighted by Gasteiger charge is -2.34. The van der Waals surface area contributed by atoms with Gasteiger partial charge in [-0.2, -0.15) is 0 Å². The van der Waals surface area contributed by atoms with Gasteiger partial charge >= 0.3 is 6.09 Å². The van der Waals surface area contributed by atoms with E-state index in [0.29, 0.717) is 31.2 Å². The van der Waals surface area contributed by atoms with Crippen molar-refractivity contribution in [2.75, 3.05) is 26.2 Å². The highest BCUT2D eigenvalue weighted by Gasteiger charge is 2.34. The third kappa shape index (κ3) is 4.36. The average molecular weight is 407 g/mol. The Morgan fingerprint density at radius 2 is 1.57 bits per heavy atom. The zero-order valence-electron chi connectivity index (χ0n) is 17.0. The van der Waals surface area contributed by atoms with Crippen LogP contribution in [0.15, 0.2) is 48.5 Å². The Bertz CT molecular complexity index is 936. The number of carbonyl (C=O) groups excluding carboxylic acids is 3. The summed E-state index contributed by atoms with van der Waals surface area (Å²) in [5.74, 6) is -0.914. The standard InChI is InChI=1S/C23H25N3O4/c1-17-15-19(18-5-3-2-4-6-18)7-8-20(17)16-24-11-13-25(14-12-24)23(29)30-26-21(27)9-10-22(26)28/h2-8,15H,9-14,16H2,1H3. The molecule has 0 saturated carbocycles. The molecule has 2 heterocycles. The minimum Gasteiger partial charge on any atom is -0.311 e. The van der Waals surface area contributed by atoms with Crippen molar-refractivity contribution in [2.24, 2.45) is 0 Å². The van der Waals surface area contributed by atoms with Crippen LogP contribution < -0.4 is 0 Å². The number of rotatable bonds is 4. The number of amides is 3. The van der Waals surface area contributed by atoms with Gasteiger partial charge in [0, 0.05) is 45.6 Å². The molecular weight excluding hydrogens is 382 g/mol. The first-order valence-corrected chi connectivity index (χ1v) is 10.2. The summed E-state index contributed by atoms with van der Waals surface area (Å²) in [6.45, 7) is 5.34. The molecule has 2 saturated heterocycles. The molecule has 2 aliphatic heterocycles. The van der Waals surface area contributed by atoms with Crippen molar-refractivity contribution in [3.8, 4) is 11.1 Å². The van der Waals surface area contributed by atoms with Crippen LogP contribution in [-0.2, 0) is 21.0 Å². The molecule has 0 atom stereocenters. The largest absolute Gasteiger partial charge is 0.434 e. The number of nitrogens with zero attached hydrogens (tertiary/aromatic N) is 3. The zero-order valence-corrected chi connectivity index (χ0v) is 17.0. The van der Waals surface area contributed by atoms with Crippen LogP contribution in [0.2, 0.25) is 0 Å². The van der Waals surface area contributed by atoms with Crippen molar-refractivity contribution in [1.82, 2.24) is 14.9 Å². The molecule has 2 aliphatic rings. The van der Waals surface area contributed by atoms with Crippen molar-refractivity contribution in [2.45, 2.75) is 26.3 Å². The molecule has 0 aromatic heterocycles. The molecule has 3 amide bonds. The number of imide groups is 1. The Balaban J connectivity index is 1.31. The summed E-state index contributed by atoms with van der Waals surface area (Å²) in [6.07, 6.45) is -0.438. The second-order valence-electron chi connectivity index (χ2n) is 7.71. The monoisotopic (exact) mass is 407 g/mol. The second kappa shape index (κ2) is 8.67. The van der Waals surface area contributed by atoms with Crippen LogP contribution in [0.4, 0.5) is 4.79 Å². The topological polar surface area (TPSA) is 70.2 Å². The molecule has 0 radical (unpaired) electrons. The highest BCUT2D eigenvalue weighted by molar-refractivity contribution is 6.01. The van der Waals surface area contributed by atoms with E-state index in [4.69, 9.17) is 4.84 Å². The summed E-state index contributed by atoms with van der Waals surface area (Å²) < 4.78 is 0. The van der Waals surface area contributed by atoms with E-state index in [9.17, 15) is 14.4 Å². The van der Waals surface area contributed by atoms with Gasteiger partial charge in [0.1, 0.15) is 0 Å². The van der Waals surface area contributed by atoms with E-state index in [1.54, 1.807) is 4.90 Å². The molecule has 156 valence electrons. The Morgan fingerprint density at radius 3 is 2.20 bits per heavy atom. The number of hydrogen-bond donors (Lipinski definition) is 0. The summed E-state index contributed by atoms with van der Waals surface area (Å²) in [5, 5.41) is 0.604. The second-order valence-corrected chi connectivity index (χ2v) is 7.71. The summed E-state index contributed by atoms with van der Waals surface area (Å²) in [5.41, 5.74) is 4.91. The molecule has 0 bridgehead atoms. The van der Waals surface area contributed by atoms with Gasteiger partial charge in [-0.05, 0) is 29.2 Å². The quantitative estimate of drug-likeness (QED) is 0.729. The number of carbonyl (C=O) groups is 3. The minimum absolute atomic E-state index is 0.0995. The van der Waals surface area contributed by atoms with Crippen LogP contribution in [0.5, 0.6) is 0 Å². The van der Waals surface area contributed by atoms with E-state index >= 15 is 0 Å². The average Bonchev–Trinajstić information content (AvgIpc) is 3.08. The van der Waals surface area contributed by atoms with Crippen LogP contribution in [-0.4, -0.2) is 58.9 Å². The first-order valence-electron chi connectivity index (χ1n) is 10.2. The molecule has 2 aromatic rings. The maximum Gasteiger partial charge on any atom is 0.434 e.